The van der Waals surface area contributed by atoms with Crippen molar-refractivity contribution in [1.29, 1.82) is 0 Å². The second-order valence-corrected chi connectivity index (χ2v) is 5.95. The maximum atomic E-state index is 11.7. The van der Waals surface area contributed by atoms with E-state index in [1.54, 1.807) is 0 Å². The number of hydrogen-bond donors (Lipinski definition) is 2. The van der Waals surface area contributed by atoms with E-state index >= 15 is 0 Å². The van der Waals surface area contributed by atoms with Crippen molar-refractivity contribution in [2.75, 3.05) is 6.54 Å². The molecule has 1 rings (SSSR count). The van der Waals surface area contributed by atoms with Crippen LogP contribution in [0.5, 0.6) is 0 Å². The van der Waals surface area contributed by atoms with Crippen molar-refractivity contribution in [2.24, 2.45) is 0 Å². The molecule has 0 spiro atoms. The Balaban J connectivity index is 2.33. The smallest absolute Gasteiger partial charge is 0.407 e. The molecule has 4 heteroatoms. The molecule has 1 fully saturated rings. The molecule has 0 aromatic heterocycles. The number of nitrogens with one attached hydrogen (secondary N) is 2. The predicted octanol–water partition coefficient (Wildman–Crippen LogP) is 2.64. The molecule has 0 bridgehead atoms. The van der Waals surface area contributed by atoms with Gasteiger partial charge in [0, 0.05) is 12.1 Å². The van der Waals surface area contributed by atoms with Gasteiger partial charge in [-0.1, -0.05) is 13.3 Å². The summed E-state index contributed by atoms with van der Waals surface area (Å²) in [5.74, 6) is 0. The van der Waals surface area contributed by atoms with Gasteiger partial charge in [0.2, 0.25) is 0 Å². The first-order chi connectivity index (χ1) is 8.42. The van der Waals surface area contributed by atoms with Crippen LogP contribution < -0.4 is 10.6 Å². The second-order valence-electron chi connectivity index (χ2n) is 5.95. The summed E-state index contributed by atoms with van der Waals surface area (Å²) in [4.78, 5) is 11.7. The third kappa shape index (κ3) is 5.71. The van der Waals surface area contributed by atoms with Gasteiger partial charge in [0.15, 0.2) is 0 Å². The lowest BCUT2D eigenvalue weighted by Crippen LogP contribution is -2.48. The zero-order chi connectivity index (χ0) is 13.6. The van der Waals surface area contributed by atoms with E-state index in [2.05, 4.69) is 17.6 Å². The summed E-state index contributed by atoms with van der Waals surface area (Å²) in [6.45, 7) is 10.4. The Bertz CT molecular complexity index is 261. The SMILES string of the molecule is [CH2]CCCN[C@@H]1CCC[C@H]1NC(=O)OC(C)(C)C. The zero-order valence-corrected chi connectivity index (χ0v) is 11.9. The highest BCUT2D eigenvalue weighted by atomic mass is 16.6. The molecule has 0 aromatic rings. The molecular weight excluding hydrogens is 228 g/mol. The molecular formula is C14H27N2O2. The lowest BCUT2D eigenvalue weighted by molar-refractivity contribution is 0.0498. The molecule has 1 saturated carbocycles. The quantitative estimate of drug-likeness (QED) is 0.743. The van der Waals surface area contributed by atoms with Crippen LogP contribution in [0.3, 0.4) is 0 Å². The highest BCUT2D eigenvalue weighted by Gasteiger charge is 2.29. The molecule has 18 heavy (non-hydrogen) atoms. The fourth-order valence-electron chi connectivity index (χ4n) is 2.25. The van der Waals surface area contributed by atoms with E-state index in [1.165, 1.54) is 0 Å². The minimum absolute atomic E-state index is 0.199. The number of amides is 1. The van der Waals surface area contributed by atoms with Crippen LogP contribution >= 0.6 is 0 Å². The van der Waals surface area contributed by atoms with E-state index < -0.39 is 5.60 Å². The molecule has 1 amide bonds. The summed E-state index contributed by atoms with van der Waals surface area (Å²) in [5, 5.41) is 6.46. The van der Waals surface area contributed by atoms with Gasteiger partial charge in [0.25, 0.3) is 0 Å². The Morgan fingerprint density at radius 3 is 2.61 bits per heavy atom. The van der Waals surface area contributed by atoms with E-state index in [-0.39, 0.29) is 12.1 Å². The molecule has 2 atom stereocenters. The lowest BCUT2D eigenvalue weighted by atomic mass is 10.1. The van der Waals surface area contributed by atoms with Crippen molar-refractivity contribution < 1.29 is 9.53 Å². The molecule has 0 saturated heterocycles. The standard InChI is InChI=1S/C14H27N2O2/c1-5-6-10-15-11-8-7-9-12(11)16-13(17)18-14(2,3)4/h11-12,15H,1,5-10H2,2-4H3,(H,16,17)/t11-,12-/m1/s1. The Hall–Kier alpha value is -0.770. The Morgan fingerprint density at radius 1 is 1.33 bits per heavy atom. The third-order valence-electron chi connectivity index (χ3n) is 3.05. The van der Waals surface area contributed by atoms with Gasteiger partial charge in [-0.05, 0) is 53.0 Å². The predicted molar refractivity (Wildman–Crippen MR) is 73.4 cm³/mol. The first kappa shape index (κ1) is 15.3. The third-order valence-corrected chi connectivity index (χ3v) is 3.05. The number of rotatable bonds is 5. The first-order valence-electron chi connectivity index (χ1n) is 6.94. The zero-order valence-electron chi connectivity index (χ0n) is 11.9. The Labute approximate surface area is 111 Å². The van der Waals surface area contributed by atoms with Gasteiger partial charge in [-0.15, -0.1) is 0 Å². The number of carbonyl (C=O) groups is 1. The number of unbranched alkanes of at least 4 members (excludes halogenated alkanes) is 1. The normalized spacial score (nSPS) is 24.0. The summed E-state index contributed by atoms with van der Waals surface area (Å²) in [5.41, 5.74) is -0.431. The molecule has 1 aliphatic carbocycles. The van der Waals surface area contributed by atoms with Gasteiger partial charge in [0.05, 0.1) is 0 Å². The Kier molecular flexibility index (Phi) is 5.93. The maximum Gasteiger partial charge on any atom is 0.407 e. The van der Waals surface area contributed by atoms with Gasteiger partial charge in [-0.25, -0.2) is 4.79 Å². The van der Waals surface area contributed by atoms with Crippen LogP contribution in [0.25, 0.3) is 0 Å². The van der Waals surface area contributed by atoms with Crippen LogP contribution in [-0.2, 0) is 4.74 Å². The van der Waals surface area contributed by atoms with Crippen molar-refractivity contribution in [2.45, 2.75) is 70.6 Å². The Morgan fingerprint density at radius 2 is 2.00 bits per heavy atom. The number of hydrogen-bond acceptors (Lipinski definition) is 3. The summed E-state index contributed by atoms with van der Waals surface area (Å²) in [6.07, 6.45) is 5.03. The summed E-state index contributed by atoms with van der Waals surface area (Å²) in [7, 11) is 0. The summed E-state index contributed by atoms with van der Waals surface area (Å²) in [6, 6.07) is 0.578. The molecule has 0 heterocycles. The van der Waals surface area contributed by atoms with Crippen molar-refractivity contribution in [3.63, 3.8) is 0 Å². The average Bonchev–Trinajstić information content (AvgIpc) is 2.63. The van der Waals surface area contributed by atoms with Crippen LogP contribution in [0.15, 0.2) is 0 Å². The fourth-order valence-corrected chi connectivity index (χ4v) is 2.25. The fraction of sp³-hybridized carbons (Fsp3) is 0.857. The molecule has 0 aromatic carbocycles. The van der Waals surface area contributed by atoms with Gasteiger partial charge in [0.1, 0.15) is 5.60 Å². The van der Waals surface area contributed by atoms with Crippen molar-refractivity contribution in [1.82, 2.24) is 10.6 Å². The minimum atomic E-state index is -0.431. The largest absolute Gasteiger partial charge is 0.444 e. The molecule has 1 radical (unpaired) electrons. The van der Waals surface area contributed by atoms with Crippen LogP contribution in [0, 0.1) is 6.92 Å². The molecule has 0 unspecified atom stereocenters. The molecule has 0 aliphatic heterocycles. The second kappa shape index (κ2) is 6.98. The highest BCUT2D eigenvalue weighted by Crippen LogP contribution is 2.19. The maximum absolute atomic E-state index is 11.7. The van der Waals surface area contributed by atoms with Crippen LogP contribution in [-0.4, -0.2) is 30.3 Å². The van der Waals surface area contributed by atoms with Crippen molar-refractivity contribution >= 4 is 6.09 Å². The summed E-state index contributed by atoms with van der Waals surface area (Å²) < 4.78 is 5.29. The van der Waals surface area contributed by atoms with E-state index in [1.807, 2.05) is 20.8 Å². The van der Waals surface area contributed by atoms with Gasteiger partial charge < -0.3 is 15.4 Å². The summed E-state index contributed by atoms with van der Waals surface area (Å²) >= 11 is 0. The van der Waals surface area contributed by atoms with E-state index in [0.717, 1.165) is 38.6 Å². The molecule has 4 nitrogen and oxygen atoms in total. The highest BCUT2D eigenvalue weighted by molar-refractivity contribution is 5.68. The molecule has 105 valence electrons. The van der Waals surface area contributed by atoms with Crippen LogP contribution in [0.2, 0.25) is 0 Å². The molecule has 1 aliphatic rings. The van der Waals surface area contributed by atoms with Crippen LogP contribution in [0.1, 0.15) is 52.9 Å². The van der Waals surface area contributed by atoms with Crippen molar-refractivity contribution in [3.05, 3.63) is 6.92 Å². The van der Waals surface area contributed by atoms with Gasteiger partial charge in [-0.3, -0.25) is 0 Å². The van der Waals surface area contributed by atoms with E-state index in [0.29, 0.717) is 6.04 Å². The number of alkyl carbamates (subject to hydrolysis) is 1. The van der Waals surface area contributed by atoms with Crippen molar-refractivity contribution in [3.8, 4) is 0 Å². The first-order valence-corrected chi connectivity index (χ1v) is 6.94. The van der Waals surface area contributed by atoms with E-state index in [4.69, 9.17) is 4.74 Å². The lowest BCUT2D eigenvalue weighted by Gasteiger charge is -2.25. The van der Waals surface area contributed by atoms with Crippen LogP contribution in [0.4, 0.5) is 4.79 Å². The average molecular weight is 255 g/mol. The topological polar surface area (TPSA) is 50.4 Å². The monoisotopic (exact) mass is 255 g/mol. The van der Waals surface area contributed by atoms with E-state index in [9.17, 15) is 4.79 Å². The van der Waals surface area contributed by atoms with Gasteiger partial charge >= 0.3 is 6.09 Å². The number of ether oxygens (including phenoxy) is 1. The molecule has 2 N–H and O–H groups in total. The number of carbonyl (C=O) groups excluding carboxylic acids is 1. The minimum Gasteiger partial charge on any atom is -0.444 e. The van der Waals surface area contributed by atoms with Gasteiger partial charge in [-0.2, -0.15) is 0 Å².